The van der Waals surface area contributed by atoms with Gasteiger partial charge in [0.05, 0.1) is 21.1 Å². The van der Waals surface area contributed by atoms with Crippen molar-refractivity contribution < 1.29 is 10.2 Å². The first-order valence-electron chi connectivity index (χ1n) is 5.20. The smallest absolute Gasteiger partial charge is 0.144 e. The third-order valence-electron chi connectivity index (χ3n) is 2.51. The van der Waals surface area contributed by atoms with Crippen LogP contribution in [0.2, 0.25) is 0 Å². The maximum atomic E-state index is 9.92. The van der Waals surface area contributed by atoms with Gasteiger partial charge in [-0.25, -0.2) is 0 Å². The molecule has 96 valence electrons. The molecule has 0 saturated carbocycles. The van der Waals surface area contributed by atoms with E-state index in [-0.39, 0.29) is 5.75 Å². The molecule has 0 aliphatic heterocycles. The van der Waals surface area contributed by atoms with Crippen molar-refractivity contribution in [1.82, 2.24) is 0 Å². The lowest BCUT2D eigenvalue weighted by Crippen LogP contribution is -2.26. The third kappa shape index (κ3) is 3.44. The van der Waals surface area contributed by atoms with Gasteiger partial charge in [-0.3, -0.25) is 0 Å². The average Bonchev–Trinajstić information content (AvgIpc) is 2.26. The van der Waals surface area contributed by atoms with Crippen molar-refractivity contribution in [3.05, 3.63) is 25.0 Å². The number of halogens is 3. The minimum absolute atomic E-state index is 0.0855. The van der Waals surface area contributed by atoms with Gasteiger partial charge in [-0.05, 0) is 44.3 Å². The topological polar surface area (TPSA) is 66.5 Å². The van der Waals surface area contributed by atoms with Gasteiger partial charge in [0, 0.05) is 10.0 Å². The second kappa shape index (κ2) is 6.52. The van der Waals surface area contributed by atoms with Crippen molar-refractivity contribution in [1.29, 1.82) is 0 Å². The summed E-state index contributed by atoms with van der Waals surface area (Å²) >= 11 is 9.93. The fourth-order valence-corrected chi connectivity index (χ4v) is 4.22. The van der Waals surface area contributed by atoms with Gasteiger partial charge < -0.3 is 15.9 Å². The van der Waals surface area contributed by atoms with Crippen molar-refractivity contribution in [3.8, 4) is 5.75 Å². The zero-order valence-electron chi connectivity index (χ0n) is 9.25. The average molecular weight is 432 g/mol. The van der Waals surface area contributed by atoms with Gasteiger partial charge in [0.2, 0.25) is 0 Å². The molecular formula is C11H14Br3NO2. The van der Waals surface area contributed by atoms with Gasteiger partial charge >= 0.3 is 0 Å². The summed E-state index contributed by atoms with van der Waals surface area (Å²) in [5.41, 5.74) is 6.68. The minimum atomic E-state index is -0.631. The number of aromatic hydroxyl groups is 1. The molecule has 0 aliphatic carbocycles. The van der Waals surface area contributed by atoms with Crippen LogP contribution in [0.5, 0.6) is 5.75 Å². The molecule has 3 nitrogen and oxygen atoms in total. The first-order chi connectivity index (χ1) is 7.90. The van der Waals surface area contributed by atoms with E-state index in [4.69, 9.17) is 5.73 Å². The molecule has 2 atom stereocenters. The standard InChI is InChI=1S/C11H14Br3NO2/c1-2-3-7(16)10(15)8-5(12)4-6(13)11(17)9(8)14/h4,7,10,16-17H,2-3,15H2,1H3/t7-,10-/m0/s1. The molecule has 1 rings (SSSR count). The van der Waals surface area contributed by atoms with E-state index in [0.717, 1.165) is 10.9 Å². The molecule has 17 heavy (non-hydrogen) atoms. The molecule has 1 aromatic rings. The Labute approximate surface area is 126 Å². The van der Waals surface area contributed by atoms with E-state index in [9.17, 15) is 10.2 Å². The predicted molar refractivity (Wildman–Crippen MR) is 79.1 cm³/mol. The summed E-state index contributed by atoms with van der Waals surface area (Å²) in [5, 5.41) is 19.7. The maximum absolute atomic E-state index is 9.92. The molecule has 0 aromatic heterocycles. The highest BCUT2D eigenvalue weighted by atomic mass is 79.9. The molecule has 0 heterocycles. The number of hydrogen-bond donors (Lipinski definition) is 3. The highest BCUT2D eigenvalue weighted by Gasteiger charge is 2.23. The van der Waals surface area contributed by atoms with Crippen molar-refractivity contribution in [2.75, 3.05) is 0 Å². The summed E-state index contributed by atoms with van der Waals surface area (Å²) in [6.45, 7) is 1.99. The Bertz CT molecular complexity index is 412. The quantitative estimate of drug-likeness (QED) is 0.678. The number of benzene rings is 1. The number of nitrogens with two attached hydrogens (primary N) is 1. The van der Waals surface area contributed by atoms with E-state index in [2.05, 4.69) is 47.8 Å². The molecule has 0 unspecified atom stereocenters. The van der Waals surface area contributed by atoms with Crippen molar-refractivity contribution in [3.63, 3.8) is 0 Å². The molecule has 6 heteroatoms. The SMILES string of the molecule is CCC[C@H](O)[C@H](N)c1c(Br)cc(Br)c(O)c1Br. The summed E-state index contributed by atoms with van der Waals surface area (Å²) in [7, 11) is 0. The lowest BCUT2D eigenvalue weighted by atomic mass is 9.99. The van der Waals surface area contributed by atoms with Gasteiger partial charge in [0.1, 0.15) is 5.75 Å². The Balaban J connectivity index is 3.17. The summed E-state index contributed by atoms with van der Waals surface area (Å²) in [4.78, 5) is 0. The molecule has 4 N–H and O–H groups in total. The lowest BCUT2D eigenvalue weighted by Gasteiger charge is -2.22. The first-order valence-corrected chi connectivity index (χ1v) is 7.58. The number of aliphatic hydroxyl groups excluding tert-OH is 1. The molecular weight excluding hydrogens is 418 g/mol. The molecule has 0 bridgehead atoms. The van der Waals surface area contributed by atoms with Crippen LogP contribution in [0.15, 0.2) is 19.5 Å². The molecule has 1 aromatic carbocycles. The number of phenolic OH excluding ortho intramolecular Hbond substituents is 1. The van der Waals surface area contributed by atoms with Crippen LogP contribution >= 0.6 is 47.8 Å². The van der Waals surface area contributed by atoms with Gasteiger partial charge in [0.15, 0.2) is 0 Å². The normalized spacial score (nSPS) is 14.7. The van der Waals surface area contributed by atoms with E-state index in [1.54, 1.807) is 6.07 Å². The second-order valence-corrected chi connectivity index (χ2v) is 6.30. The van der Waals surface area contributed by atoms with Crippen LogP contribution in [0.4, 0.5) is 0 Å². The molecule has 0 aliphatic rings. The summed E-state index contributed by atoms with van der Waals surface area (Å²) in [6, 6.07) is 1.17. The fourth-order valence-electron chi connectivity index (χ4n) is 1.57. The van der Waals surface area contributed by atoms with E-state index in [1.165, 1.54) is 0 Å². The predicted octanol–water partition coefficient (Wildman–Crippen LogP) is 3.84. The minimum Gasteiger partial charge on any atom is -0.506 e. The van der Waals surface area contributed by atoms with Crippen LogP contribution in [-0.2, 0) is 0 Å². The monoisotopic (exact) mass is 429 g/mol. The third-order valence-corrected chi connectivity index (χ3v) is 4.58. The number of phenols is 1. The van der Waals surface area contributed by atoms with Crippen LogP contribution in [0, 0.1) is 0 Å². The van der Waals surface area contributed by atoms with Crippen LogP contribution in [0.1, 0.15) is 31.4 Å². The highest BCUT2D eigenvalue weighted by Crippen LogP contribution is 2.42. The van der Waals surface area contributed by atoms with E-state index >= 15 is 0 Å². The second-order valence-electron chi connectivity index (χ2n) is 3.80. The van der Waals surface area contributed by atoms with Crippen LogP contribution in [0.25, 0.3) is 0 Å². The van der Waals surface area contributed by atoms with E-state index in [0.29, 0.717) is 20.9 Å². The van der Waals surface area contributed by atoms with Crippen LogP contribution in [-0.4, -0.2) is 16.3 Å². The van der Waals surface area contributed by atoms with Crippen LogP contribution < -0.4 is 5.73 Å². The number of aliphatic hydroxyl groups is 1. The van der Waals surface area contributed by atoms with Crippen molar-refractivity contribution in [2.45, 2.75) is 31.9 Å². The highest BCUT2D eigenvalue weighted by molar-refractivity contribution is 9.11. The lowest BCUT2D eigenvalue weighted by molar-refractivity contribution is 0.133. The molecule has 0 spiro atoms. The summed E-state index contributed by atoms with van der Waals surface area (Å²) in [5.74, 6) is 0.0855. The maximum Gasteiger partial charge on any atom is 0.144 e. The molecule has 0 radical (unpaired) electrons. The molecule has 0 fully saturated rings. The molecule has 0 saturated heterocycles. The first kappa shape index (κ1) is 15.4. The van der Waals surface area contributed by atoms with Gasteiger partial charge in [-0.1, -0.05) is 29.3 Å². The van der Waals surface area contributed by atoms with Gasteiger partial charge in [-0.15, -0.1) is 0 Å². The Morgan fingerprint density at radius 1 is 1.29 bits per heavy atom. The molecule has 0 amide bonds. The summed E-state index contributed by atoms with van der Waals surface area (Å²) in [6.07, 6.45) is 0.844. The van der Waals surface area contributed by atoms with Crippen LogP contribution in [0.3, 0.4) is 0 Å². The van der Waals surface area contributed by atoms with Crippen molar-refractivity contribution >= 4 is 47.8 Å². The Kier molecular flexibility index (Phi) is 5.92. The zero-order chi connectivity index (χ0) is 13.2. The number of rotatable bonds is 4. The number of hydrogen-bond acceptors (Lipinski definition) is 3. The van der Waals surface area contributed by atoms with Gasteiger partial charge in [-0.2, -0.15) is 0 Å². The Morgan fingerprint density at radius 3 is 2.41 bits per heavy atom. The van der Waals surface area contributed by atoms with E-state index in [1.807, 2.05) is 6.92 Å². The van der Waals surface area contributed by atoms with E-state index < -0.39 is 12.1 Å². The zero-order valence-corrected chi connectivity index (χ0v) is 14.0. The Morgan fingerprint density at radius 2 is 1.88 bits per heavy atom. The Hall–Kier alpha value is 0.380. The van der Waals surface area contributed by atoms with Crippen molar-refractivity contribution in [2.24, 2.45) is 5.73 Å². The fraction of sp³-hybridized carbons (Fsp3) is 0.455. The largest absolute Gasteiger partial charge is 0.506 e. The summed E-state index contributed by atoms with van der Waals surface area (Å²) < 4.78 is 1.82. The van der Waals surface area contributed by atoms with Gasteiger partial charge in [0.25, 0.3) is 0 Å².